The Morgan fingerprint density at radius 2 is 1.57 bits per heavy atom. The lowest BCUT2D eigenvalue weighted by molar-refractivity contribution is 0.354. The van der Waals surface area contributed by atoms with Crippen LogP contribution in [-0.4, -0.2) is 33.2 Å². The molecule has 0 fully saturated rings. The molecule has 2 aromatic carbocycles. The van der Waals surface area contributed by atoms with E-state index in [2.05, 4.69) is 94.5 Å². The summed E-state index contributed by atoms with van der Waals surface area (Å²) in [6.45, 7) is 0. The summed E-state index contributed by atoms with van der Waals surface area (Å²) < 4.78 is 13.2. The lowest BCUT2D eigenvalue weighted by Gasteiger charge is -2.21. The Morgan fingerprint density at radius 1 is 0.957 bits per heavy atom. The van der Waals surface area contributed by atoms with E-state index >= 15 is 0 Å². The van der Waals surface area contributed by atoms with E-state index in [9.17, 15) is 0 Å². The fourth-order valence-electron chi connectivity index (χ4n) is 2.24. The Bertz CT molecular complexity index is 727. The first-order valence-electron chi connectivity index (χ1n) is 7.03. The maximum atomic E-state index is 5.46. The van der Waals surface area contributed by atoms with Crippen molar-refractivity contribution >= 4 is 57.0 Å². The topological polar surface area (TPSA) is 21.7 Å². The Hall–Kier alpha value is -0.960. The SMILES string of the molecule is COc1cc(I)c(/C(=C\c2ccccc2I)N(C)C)cc1OC. The van der Waals surface area contributed by atoms with E-state index in [1.165, 1.54) is 9.13 Å². The molecule has 0 spiro atoms. The van der Waals surface area contributed by atoms with Crippen molar-refractivity contribution in [2.45, 2.75) is 0 Å². The van der Waals surface area contributed by atoms with Crippen molar-refractivity contribution in [1.82, 2.24) is 4.90 Å². The second kappa shape index (κ2) is 8.23. The first-order valence-corrected chi connectivity index (χ1v) is 9.19. The van der Waals surface area contributed by atoms with Gasteiger partial charge in [-0.3, -0.25) is 0 Å². The summed E-state index contributed by atoms with van der Waals surface area (Å²) in [6.07, 6.45) is 2.20. The van der Waals surface area contributed by atoms with Gasteiger partial charge >= 0.3 is 0 Å². The van der Waals surface area contributed by atoms with Gasteiger partial charge in [-0.05, 0) is 75.0 Å². The summed E-state index contributed by atoms with van der Waals surface area (Å²) in [6, 6.07) is 12.4. The van der Waals surface area contributed by atoms with Crippen LogP contribution < -0.4 is 9.47 Å². The van der Waals surface area contributed by atoms with Crippen molar-refractivity contribution in [3.63, 3.8) is 0 Å². The average molecular weight is 535 g/mol. The van der Waals surface area contributed by atoms with Crippen molar-refractivity contribution in [2.75, 3.05) is 28.3 Å². The predicted molar refractivity (Wildman–Crippen MR) is 113 cm³/mol. The summed E-state index contributed by atoms with van der Waals surface area (Å²) >= 11 is 4.70. The van der Waals surface area contributed by atoms with Gasteiger partial charge in [-0.15, -0.1) is 0 Å². The zero-order chi connectivity index (χ0) is 17.0. The molecule has 0 saturated heterocycles. The van der Waals surface area contributed by atoms with Gasteiger partial charge in [-0.2, -0.15) is 0 Å². The minimum Gasteiger partial charge on any atom is -0.493 e. The van der Waals surface area contributed by atoms with Gasteiger partial charge in [-0.1, -0.05) is 18.2 Å². The summed E-state index contributed by atoms with van der Waals surface area (Å²) in [4.78, 5) is 2.12. The molecule has 0 aliphatic carbocycles. The second-order valence-corrected chi connectivity index (χ2v) is 7.46. The number of methoxy groups -OCH3 is 2. The Kier molecular flexibility index (Phi) is 6.58. The minimum absolute atomic E-state index is 0.735. The fraction of sp³-hybridized carbons (Fsp3) is 0.222. The largest absolute Gasteiger partial charge is 0.493 e. The Morgan fingerprint density at radius 3 is 2.13 bits per heavy atom. The normalized spacial score (nSPS) is 11.3. The molecule has 0 amide bonds. The van der Waals surface area contributed by atoms with Gasteiger partial charge in [0.1, 0.15) is 0 Å². The van der Waals surface area contributed by atoms with Gasteiger partial charge in [0.15, 0.2) is 11.5 Å². The predicted octanol–water partition coefficient (Wildman–Crippen LogP) is 4.97. The zero-order valence-corrected chi connectivity index (χ0v) is 17.9. The molecule has 2 rings (SSSR count). The highest BCUT2D eigenvalue weighted by molar-refractivity contribution is 14.1. The van der Waals surface area contributed by atoms with Gasteiger partial charge in [0, 0.05) is 32.5 Å². The molecule has 122 valence electrons. The molecule has 3 nitrogen and oxygen atoms in total. The van der Waals surface area contributed by atoms with Crippen molar-refractivity contribution in [1.29, 1.82) is 0 Å². The van der Waals surface area contributed by atoms with Crippen LogP contribution in [0.25, 0.3) is 11.8 Å². The van der Waals surface area contributed by atoms with Gasteiger partial charge in [0.05, 0.1) is 14.2 Å². The van der Waals surface area contributed by atoms with Crippen LogP contribution in [0.15, 0.2) is 36.4 Å². The quantitative estimate of drug-likeness (QED) is 0.399. The molecule has 0 aromatic heterocycles. The van der Waals surface area contributed by atoms with Crippen LogP contribution in [0.3, 0.4) is 0 Å². The molecule has 2 aromatic rings. The summed E-state index contributed by atoms with van der Waals surface area (Å²) in [5.41, 5.74) is 3.44. The monoisotopic (exact) mass is 535 g/mol. The van der Waals surface area contributed by atoms with E-state index < -0.39 is 0 Å². The third kappa shape index (κ3) is 4.32. The molecule has 23 heavy (non-hydrogen) atoms. The van der Waals surface area contributed by atoms with Crippen LogP contribution >= 0.6 is 45.2 Å². The van der Waals surface area contributed by atoms with Gasteiger partial charge in [0.25, 0.3) is 0 Å². The number of nitrogens with zero attached hydrogens (tertiary/aromatic N) is 1. The smallest absolute Gasteiger partial charge is 0.161 e. The molecule has 0 aliphatic rings. The van der Waals surface area contributed by atoms with E-state index in [0.717, 1.165) is 26.3 Å². The van der Waals surface area contributed by atoms with Gasteiger partial charge < -0.3 is 14.4 Å². The van der Waals surface area contributed by atoms with Crippen LogP contribution in [0.4, 0.5) is 0 Å². The van der Waals surface area contributed by atoms with Gasteiger partial charge in [-0.25, -0.2) is 0 Å². The molecule has 0 radical (unpaired) electrons. The standard InChI is InChI=1S/C18H19I2NO2/c1-21(2)16(9-12-7-5-6-8-14(12)19)13-10-17(22-3)18(23-4)11-15(13)20/h5-11H,1-4H3/b16-9+. The van der Waals surface area contributed by atoms with Crippen LogP contribution in [-0.2, 0) is 0 Å². The Balaban J connectivity index is 2.61. The van der Waals surface area contributed by atoms with Crippen molar-refractivity contribution in [3.05, 3.63) is 54.7 Å². The molecule has 0 unspecified atom stereocenters. The first-order chi connectivity index (χ1) is 11.0. The minimum atomic E-state index is 0.735. The number of hydrogen-bond donors (Lipinski definition) is 0. The van der Waals surface area contributed by atoms with E-state index in [4.69, 9.17) is 9.47 Å². The molecule has 0 heterocycles. The highest BCUT2D eigenvalue weighted by atomic mass is 127. The lowest BCUT2D eigenvalue weighted by atomic mass is 10.1. The van der Waals surface area contributed by atoms with Crippen molar-refractivity contribution in [3.8, 4) is 11.5 Å². The third-order valence-electron chi connectivity index (χ3n) is 3.43. The highest BCUT2D eigenvalue weighted by Crippen LogP contribution is 2.35. The number of benzene rings is 2. The van der Waals surface area contributed by atoms with Crippen LogP contribution in [0, 0.1) is 7.14 Å². The molecule has 0 N–H and O–H groups in total. The number of halogens is 2. The third-order valence-corrected chi connectivity index (χ3v) is 5.30. The Labute approximate surface area is 164 Å². The number of hydrogen-bond acceptors (Lipinski definition) is 3. The maximum absolute atomic E-state index is 5.46. The highest BCUT2D eigenvalue weighted by Gasteiger charge is 2.14. The average Bonchev–Trinajstić information content (AvgIpc) is 2.54. The first kappa shape index (κ1) is 18.4. The van der Waals surface area contributed by atoms with E-state index in [1.54, 1.807) is 14.2 Å². The molecular formula is C18H19I2NO2. The number of ether oxygens (including phenoxy) is 2. The van der Waals surface area contributed by atoms with Crippen LogP contribution in [0.2, 0.25) is 0 Å². The maximum Gasteiger partial charge on any atom is 0.161 e. The summed E-state index contributed by atoms with van der Waals surface area (Å²) in [5, 5.41) is 0. The summed E-state index contributed by atoms with van der Waals surface area (Å²) in [7, 11) is 7.42. The van der Waals surface area contributed by atoms with Crippen LogP contribution in [0.1, 0.15) is 11.1 Å². The molecule has 5 heteroatoms. The molecule has 0 aliphatic heterocycles. The lowest BCUT2D eigenvalue weighted by Crippen LogP contribution is -2.11. The van der Waals surface area contributed by atoms with E-state index in [-0.39, 0.29) is 0 Å². The van der Waals surface area contributed by atoms with Crippen molar-refractivity contribution < 1.29 is 9.47 Å². The fourth-order valence-corrected chi connectivity index (χ4v) is 3.50. The molecule has 0 bridgehead atoms. The molecular weight excluding hydrogens is 516 g/mol. The van der Waals surface area contributed by atoms with E-state index in [0.29, 0.717) is 0 Å². The van der Waals surface area contributed by atoms with Gasteiger partial charge in [0.2, 0.25) is 0 Å². The number of rotatable bonds is 5. The van der Waals surface area contributed by atoms with Crippen LogP contribution in [0.5, 0.6) is 11.5 Å². The molecule has 0 atom stereocenters. The summed E-state index contributed by atoms with van der Waals surface area (Å²) in [5.74, 6) is 1.48. The van der Waals surface area contributed by atoms with Crippen molar-refractivity contribution in [2.24, 2.45) is 0 Å². The second-order valence-electron chi connectivity index (χ2n) is 5.13. The molecule has 0 saturated carbocycles. The zero-order valence-electron chi connectivity index (χ0n) is 13.6. The van der Waals surface area contributed by atoms with E-state index in [1.807, 2.05) is 12.1 Å².